The smallest absolute Gasteiger partial charge is 0.245 e. The molecule has 0 aliphatic heterocycles. The van der Waals surface area contributed by atoms with Gasteiger partial charge in [-0.25, -0.2) is 8.78 Å². The molecule has 14 heavy (non-hydrogen) atoms. The van der Waals surface area contributed by atoms with Crippen molar-refractivity contribution in [3.63, 3.8) is 0 Å². The minimum atomic E-state index is -2.47. The SMILES string of the molecule is CCCCCCCCC(=O)CC(F)F. The van der Waals surface area contributed by atoms with E-state index in [4.69, 9.17) is 0 Å². The highest BCUT2D eigenvalue weighted by Crippen LogP contribution is 2.09. The summed E-state index contributed by atoms with van der Waals surface area (Å²) in [4.78, 5) is 10.9. The molecule has 0 aromatic rings. The molecule has 3 heteroatoms. The summed E-state index contributed by atoms with van der Waals surface area (Å²) >= 11 is 0. The summed E-state index contributed by atoms with van der Waals surface area (Å²) in [5.41, 5.74) is 0. The van der Waals surface area contributed by atoms with Crippen LogP contribution in [0.4, 0.5) is 8.78 Å². The van der Waals surface area contributed by atoms with Crippen LogP contribution in [0.25, 0.3) is 0 Å². The van der Waals surface area contributed by atoms with E-state index in [1.165, 1.54) is 19.3 Å². The van der Waals surface area contributed by atoms with E-state index in [0.717, 1.165) is 19.3 Å². The molecule has 0 bridgehead atoms. The van der Waals surface area contributed by atoms with Crippen molar-refractivity contribution in [3.05, 3.63) is 0 Å². The van der Waals surface area contributed by atoms with Crippen molar-refractivity contribution in [2.24, 2.45) is 0 Å². The minimum absolute atomic E-state index is 0.296. The number of carbonyl (C=O) groups is 1. The lowest BCUT2D eigenvalue weighted by atomic mass is 10.1. The van der Waals surface area contributed by atoms with Crippen LogP contribution in [0.1, 0.15) is 58.3 Å². The van der Waals surface area contributed by atoms with E-state index in [1.807, 2.05) is 0 Å². The summed E-state index contributed by atoms with van der Waals surface area (Å²) in [5, 5.41) is 0. The lowest BCUT2D eigenvalue weighted by Crippen LogP contribution is -2.03. The largest absolute Gasteiger partial charge is 0.299 e. The Bertz CT molecular complexity index is 146. The van der Waals surface area contributed by atoms with E-state index in [-0.39, 0.29) is 5.78 Å². The van der Waals surface area contributed by atoms with Gasteiger partial charge in [-0.05, 0) is 6.42 Å². The van der Waals surface area contributed by atoms with Crippen LogP contribution >= 0.6 is 0 Å². The predicted molar refractivity (Wildman–Crippen MR) is 53.6 cm³/mol. The Morgan fingerprint density at radius 1 is 1.07 bits per heavy atom. The van der Waals surface area contributed by atoms with Gasteiger partial charge in [0, 0.05) is 6.42 Å². The van der Waals surface area contributed by atoms with E-state index >= 15 is 0 Å². The number of ketones is 1. The molecule has 0 unspecified atom stereocenters. The highest BCUT2D eigenvalue weighted by molar-refractivity contribution is 5.78. The molecule has 84 valence electrons. The lowest BCUT2D eigenvalue weighted by Gasteiger charge is -2.00. The molecule has 0 N–H and O–H groups in total. The molecule has 0 fully saturated rings. The van der Waals surface area contributed by atoms with Crippen LogP contribution in [0.2, 0.25) is 0 Å². The highest BCUT2D eigenvalue weighted by atomic mass is 19.3. The fraction of sp³-hybridized carbons (Fsp3) is 0.909. The van der Waals surface area contributed by atoms with Crippen molar-refractivity contribution in [3.8, 4) is 0 Å². The molecule has 0 aromatic carbocycles. The molecule has 0 amide bonds. The fourth-order valence-corrected chi connectivity index (χ4v) is 1.38. The number of alkyl halides is 2. The van der Waals surface area contributed by atoms with Crippen LogP contribution in [0.15, 0.2) is 0 Å². The van der Waals surface area contributed by atoms with Gasteiger partial charge in [0.15, 0.2) is 0 Å². The molecule has 0 saturated heterocycles. The number of Topliss-reactive ketones (excluding diaryl/α,β-unsaturated/α-hetero) is 1. The second kappa shape index (κ2) is 9.10. The summed E-state index contributed by atoms with van der Waals surface area (Å²) in [6, 6.07) is 0. The Morgan fingerprint density at radius 2 is 1.64 bits per heavy atom. The van der Waals surface area contributed by atoms with Gasteiger partial charge in [-0.1, -0.05) is 39.0 Å². The van der Waals surface area contributed by atoms with Crippen LogP contribution < -0.4 is 0 Å². The monoisotopic (exact) mass is 206 g/mol. The van der Waals surface area contributed by atoms with E-state index in [0.29, 0.717) is 6.42 Å². The first-order valence-corrected chi connectivity index (χ1v) is 5.46. The van der Waals surface area contributed by atoms with Crippen molar-refractivity contribution < 1.29 is 13.6 Å². The van der Waals surface area contributed by atoms with Gasteiger partial charge < -0.3 is 0 Å². The third kappa shape index (κ3) is 9.62. The van der Waals surface area contributed by atoms with Gasteiger partial charge in [-0.3, -0.25) is 4.79 Å². The molecule has 0 aromatic heterocycles. The fourth-order valence-electron chi connectivity index (χ4n) is 1.38. The van der Waals surface area contributed by atoms with Crippen molar-refractivity contribution in [1.82, 2.24) is 0 Å². The molecule has 0 aliphatic rings. The van der Waals surface area contributed by atoms with Crippen LogP contribution in [-0.4, -0.2) is 12.2 Å². The summed E-state index contributed by atoms with van der Waals surface area (Å²) in [5.74, 6) is -0.296. The third-order valence-electron chi connectivity index (χ3n) is 2.19. The van der Waals surface area contributed by atoms with Gasteiger partial charge in [0.2, 0.25) is 6.43 Å². The zero-order valence-electron chi connectivity index (χ0n) is 8.90. The van der Waals surface area contributed by atoms with Gasteiger partial charge in [-0.15, -0.1) is 0 Å². The second-order valence-corrected chi connectivity index (χ2v) is 3.65. The van der Waals surface area contributed by atoms with Crippen LogP contribution in [0, 0.1) is 0 Å². The molecule has 0 aliphatic carbocycles. The van der Waals surface area contributed by atoms with E-state index < -0.39 is 12.8 Å². The molecule has 0 rings (SSSR count). The first kappa shape index (κ1) is 13.5. The van der Waals surface area contributed by atoms with Crippen molar-refractivity contribution in [2.45, 2.75) is 64.7 Å². The van der Waals surface area contributed by atoms with Crippen molar-refractivity contribution in [1.29, 1.82) is 0 Å². The van der Waals surface area contributed by atoms with Crippen LogP contribution in [-0.2, 0) is 4.79 Å². The van der Waals surface area contributed by atoms with E-state index in [1.54, 1.807) is 0 Å². The Labute approximate surface area is 84.9 Å². The Hall–Kier alpha value is -0.470. The predicted octanol–water partition coefficient (Wildman–Crippen LogP) is 3.96. The summed E-state index contributed by atoms with van der Waals surface area (Å²) < 4.78 is 23.5. The van der Waals surface area contributed by atoms with Gasteiger partial charge in [0.05, 0.1) is 6.42 Å². The second-order valence-electron chi connectivity index (χ2n) is 3.65. The summed E-state index contributed by atoms with van der Waals surface area (Å²) in [6.45, 7) is 2.15. The molecule has 0 radical (unpaired) electrons. The molecule has 0 saturated carbocycles. The van der Waals surface area contributed by atoms with Gasteiger partial charge in [0.25, 0.3) is 0 Å². The van der Waals surface area contributed by atoms with E-state index in [9.17, 15) is 13.6 Å². The third-order valence-corrected chi connectivity index (χ3v) is 2.19. The van der Waals surface area contributed by atoms with Gasteiger partial charge in [0.1, 0.15) is 5.78 Å². The quantitative estimate of drug-likeness (QED) is 0.522. The highest BCUT2D eigenvalue weighted by Gasteiger charge is 2.09. The average molecular weight is 206 g/mol. The Kier molecular flexibility index (Phi) is 8.79. The summed E-state index contributed by atoms with van der Waals surface area (Å²) in [6.07, 6.45) is 3.81. The Morgan fingerprint density at radius 3 is 2.21 bits per heavy atom. The molecule has 1 nitrogen and oxygen atoms in total. The standard InChI is InChI=1S/C11H20F2O/c1-2-3-4-5-6-7-8-10(14)9-11(12)13/h11H,2-9H2,1H3. The maximum absolute atomic E-state index is 11.7. The number of hydrogen-bond acceptors (Lipinski definition) is 1. The number of halogens is 2. The zero-order chi connectivity index (χ0) is 10.8. The molecule has 0 heterocycles. The molecule has 0 spiro atoms. The maximum atomic E-state index is 11.7. The van der Waals surface area contributed by atoms with Crippen molar-refractivity contribution >= 4 is 5.78 Å². The topological polar surface area (TPSA) is 17.1 Å². The zero-order valence-corrected chi connectivity index (χ0v) is 8.90. The maximum Gasteiger partial charge on any atom is 0.245 e. The number of carbonyl (C=O) groups excluding carboxylic acids is 1. The minimum Gasteiger partial charge on any atom is -0.299 e. The number of hydrogen-bond donors (Lipinski definition) is 0. The normalized spacial score (nSPS) is 10.9. The Balaban J connectivity index is 3.15. The molecular formula is C11H20F2O. The molecular weight excluding hydrogens is 186 g/mol. The first-order valence-electron chi connectivity index (χ1n) is 5.46. The van der Waals surface area contributed by atoms with Crippen LogP contribution in [0.5, 0.6) is 0 Å². The van der Waals surface area contributed by atoms with Crippen LogP contribution in [0.3, 0.4) is 0 Å². The summed E-state index contributed by atoms with van der Waals surface area (Å²) in [7, 11) is 0. The number of unbranched alkanes of at least 4 members (excludes halogenated alkanes) is 5. The van der Waals surface area contributed by atoms with E-state index in [2.05, 4.69) is 6.92 Å². The molecule has 0 atom stereocenters. The van der Waals surface area contributed by atoms with Gasteiger partial charge >= 0.3 is 0 Å². The average Bonchev–Trinajstić information content (AvgIpc) is 2.10. The first-order chi connectivity index (χ1) is 6.66. The van der Waals surface area contributed by atoms with Gasteiger partial charge in [-0.2, -0.15) is 0 Å². The van der Waals surface area contributed by atoms with Crippen molar-refractivity contribution in [2.75, 3.05) is 0 Å². The number of rotatable bonds is 9. The lowest BCUT2D eigenvalue weighted by molar-refractivity contribution is -0.121.